The molecule has 0 spiro atoms. The molecule has 0 radical (unpaired) electrons. The molecule has 2 amide bonds. The van der Waals surface area contributed by atoms with Crippen molar-refractivity contribution in [3.8, 4) is 0 Å². The summed E-state index contributed by atoms with van der Waals surface area (Å²) in [6, 6.07) is 19.8. The summed E-state index contributed by atoms with van der Waals surface area (Å²) in [5, 5.41) is 14.7. The van der Waals surface area contributed by atoms with E-state index in [2.05, 4.69) is 10.6 Å². The summed E-state index contributed by atoms with van der Waals surface area (Å²) in [6.45, 7) is 1.95. The first kappa shape index (κ1) is 18.8. The number of amides is 2. The molecule has 0 aliphatic heterocycles. The van der Waals surface area contributed by atoms with Crippen molar-refractivity contribution < 1.29 is 19.5 Å². The molecule has 0 saturated heterocycles. The van der Waals surface area contributed by atoms with E-state index in [1.165, 1.54) is 12.1 Å². The molecule has 3 aromatic rings. The van der Waals surface area contributed by atoms with Crippen LogP contribution in [0.5, 0.6) is 0 Å². The Morgan fingerprint density at radius 2 is 1.21 bits per heavy atom. The Hall–Kier alpha value is -3.93. The Labute approximate surface area is 161 Å². The van der Waals surface area contributed by atoms with Crippen molar-refractivity contribution >= 4 is 29.2 Å². The van der Waals surface area contributed by atoms with E-state index in [0.717, 1.165) is 5.56 Å². The van der Waals surface area contributed by atoms with Crippen molar-refractivity contribution in [3.63, 3.8) is 0 Å². The van der Waals surface area contributed by atoms with E-state index < -0.39 is 11.9 Å². The first-order valence-corrected chi connectivity index (χ1v) is 8.56. The van der Waals surface area contributed by atoms with E-state index in [9.17, 15) is 19.5 Å². The highest BCUT2D eigenvalue weighted by Gasteiger charge is 2.18. The molecule has 0 bridgehead atoms. The van der Waals surface area contributed by atoms with Gasteiger partial charge in [0.15, 0.2) is 0 Å². The summed E-state index contributed by atoms with van der Waals surface area (Å²) in [5.41, 5.74) is 2.17. The normalized spacial score (nSPS) is 10.2. The van der Waals surface area contributed by atoms with E-state index in [1.54, 1.807) is 48.5 Å². The van der Waals surface area contributed by atoms with E-state index in [-0.39, 0.29) is 28.3 Å². The molecule has 6 nitrogen and oxygen atoms in total. The molecule has 28 heavy (non-hydrogen) atoms. The number of hydrogen-bond acceptors (Lipinski definition) is 3. The number of aryl methyl sites for hydroxylation is 1. The lowest BCUT2D eigenvalue weighted by molar-refractivity contribution is 0.0692. The van der Waals surface area contributed by atoms with Crippen molar-refractivity contribution in [1.29, 1.82) is 0 Å². The van der Waals surface area contributed by atoms with Crippen LogP contribution in [-0.4, -0.2) is 22.9 Å². The van der Waals surface area contributed by atoms with Gasteiger partial charge in [0, 0.05) is 5.69 Å². The zero-order valence-corrected chi connectivity index (χ0v) is 15.1. The molecule has 3 rings (SSSR count). The van der Waals surface area contributed by atoms with E-state index in [0.29, 0.717) is 5.69 Å². The van der Waals surface area contributed by atoms with Crippen LogP contribution in [0.3, 0.4) is 0 Å². The van der Waals surface area contributed by atoms with Gasteiger partial charge in [-0.1, -0.05) is 42.0 Å². The molecule has 0 saturated carbocycles. The molecule has 0 heterocycles. The third kappa shape index (κ3) is 4.24. The average molecular weight is 374 g/mol. The molecular formula is C22H18N2O4. The van der Waals surface area contributed by atoms with Crippen LogP contribution in [0.4, 0.5) is 11.4 Å². The highest BCUT2D eigenvalue weighted by molar-refractivity contribution is 6.14. The zero-order valence-electron chi connectivity index (χ0n) is 15.1. The van der Waals surface area contributed by atoms with Gasteiger partial charge in [0.1, 0.15) is 0 Å². The summed E-state index contributed by atoms with van der Waals surface area (Å²) in [6.07, 6.45) is 0. The predicted octanol–water partition coefficient (Wildman–Crippen LogP) is 4.20. The fourth-order valence-corrected chi connectivity index (χ4v) is 2.68. The maximum absolute atomic E-state index is 12.7. The molecule has 0 aliphatic rings. The number of aromatic carboxylic acids is 1. The summed E-state index contributed by atoms with van der Waals surface area (Å²) in [5.74, 6) is -2.18. The molecule has 0 aliphatic carbocycles. The Bertz CT molecular complexity index is 1040. The van der Waals surface area contributed by atoms with E-state index in [4.69, 9.17) is 0 Å². The average Bonchev–Trinajstić information content (AvgIpc) is 2.70. The number of carboxylic acid groups (broad SMARTS) is 1. The lowest BCUT2D eigenvalue weighted by Crippen LogP contribution is -2.20. The second-order valence-corrected chi connectivity index (χ2v) is 6.17. The maximum Gasteiger partial charge on any atom is 0.336 e. The van der Waals surface area contributed by atoms with Crippen LogP contribution in [0.2, 0.25) is 0 Å². The number of nitrogens with one attached hydrogen (secondary N) is 2. The number of para-hydroxylation sites is 1. The third-order valence-corrected chi connectivity index (χ3v) is 4.13. The summed E-state index contributed by atoms with van der Waals surface area (Å²) < 4.78 is 0. The summed E-state index contributed by atoms with van der Waals surface area (Å²) in [4.78, 5) is 36.6. The van der Waals surface area contributed by atoms with Crippen molar-refractivity contribution in [2.24, 2.45) is 0 Å². The van der Waals surface area contributed by atoms with Crippen molar-refractivity contribution in [2.45, 2.75) is 6.92 Å². The number of hydrogen-bond donors (Lipinski definition) is 3. The molecule has 3 N–H and O–H groups in total. The molecule has 0 aromatic heterocycles. The highest BCUT2D eigenvalue weighted by Crippen LogP contribution is 2.20. The Kier molecular flexibility index (Phi) is 5.50. The van der Waals surface area contributed by atoms with Gasteiger partial charge in [-0.2, -0.15) is 0 Å². The number of benzene rings is 3. The monoisotopic (exact) mass is 374 g/mol. The highest BCUT2D eigenvalue weighted by atomic mass is 16.4. The van der Waals surface area contributed by atoms with Crippen LogP contribution in [0.15, 0.2) is 72.8 Å². The van der Waals surface area contributed by atoms with E-state index >= 15 is 0 Å². The number of carbonyl (C=O) groups excluding carboxylic acids is 2. The second-order valence-electron chi connectivity index (χ2n) is 6.17. The molecular weight excluding hydrogens is 356 g/mol. The molecule has 140 valence electrons. The summed E-state index contributed by atoms with van der Waals surface area (Å²) >= 11 is 0. The Morgan fingerprint density at radius 3 is 1.86 bits per heavy atom. The molecule has 0 fully saturated rings. The predicted molar refractivity (Wildman–Crippen MR) is 107 cm³/mol. The van der Waals surface area contributed by atoms with Crippen LogP contribution in [-0.2, 0) is 0 Å². The van der Waals surface area contributed by atoms with Gasteiger partial charge in [-0.3, -0.25) is 9.59 Å². The Balaban J connectivity index is 1.84. The van der Waals surface area contributed by atoms with Gasteiger partial charge in [-0.05, 0) is 43.3 Å². The van der Waals surface area contributed by atoms with Crippen LogP contribution in [0.1, 0.15) is 36.6 Å². The number of rotatable bonds is 5. The summed E-state index contributed by atoms with van der Waals surface area (Å²) in [7, 11) is 0. The van der Waals surface area contributed by atoms with Crippen molar-refractivity contribution in [3.05, 3.63) is 95.1 Å². The van der Waals surface area contributed by atoms with E-state index in [1.807, 2.05) is 19.1 Å². The first-order chi connectivity index (χ1) is 13.5. The second kappa shape index (κ2) is 8.18. The fraction of sp³-hybridized carbons (Fsp3) is 0.0455. The Morgan fingerprint density at radius 1 is 0.679 bits per heavy atom. The fourth-order valence-electron chi connectivity index (χ4n) is 2.68. The lowest BCUT2D eigenvalue weighted by Gasteiger charge is -2.12. The molecule has 3 aromatic carbocycles. The minimum absolute atomic E-state index is 0.0174. The van der Waals surface area contributed by atoms with Crippen LogP contribution >= 0.6 is 0 Å². The number of carbonyl (C=O) groups is 3. The van der Waals surface area contributed by atoms with Gasteiger partial charge < -0.3 is 15.7 Å². The largest absolute Gasteiger partial charge is 0.478 e. The van der Waals surface area contributed by atoms with Gasteiger partial charge >= 0.3 is 5.97 Å². The minimum atomic E-state index is -1.20. The molecule has 0 atom stereocenters. The van der Waals surface area contributed by atoms with Gasteiger partial charge in [-0.25, -0.2) is 4.79 Å². The van der Waals surface area contributed by atoms with Gasteiger partial charge in [0.2, 0.25) is 0 Å². The van der Waals surface area contributed by atoms with Gasteiger partial charge in [0.05, 0.1) is 22.4 Å². The quantitative estimate of drug-likeness (QED) is 0.624. The minimum Gasteiger partial charge on any atom is -0.478 e. The number of anilines is 2. The van der Waals surface area contributed by atoms with Gasteiger partial charge in [0.25, 0.3) is 11.8 Å². The van der Waals surface area contributed by atoms with Gasteiger partial charge in [-0.15, -0.1) is 0 Å². The topological polar surface area (TPSA) is 95.5 Å². The zero-order chi connectivity index (χ0) is 20.1. The van der Waals surface area contributed by atoms with Crippen molar-refractivity contribution in [1.82, 2.24) is 0 Å². The molecule has 0 unspecified atom stereocenters. The van der Waals surface area contributed by atoms with Crippen LogP contribution < -0.4 is 10.6 Å². The standard InChI is InChI=1S/C22H18N2O4/c1-14-10-12-15(13-11-14)23-21(26)18-8-4-5-9-19(18)24-20(25)16-6-2-3-7-17(16)22(27)28/h2-13H,1H3,(H,23,26)(H,24,25)(H,27,28). The first-order valence-electron chi connectivity index (χ1n) is 8.56. The smallest absolute Gasteiger partial charge is 0.336 e. The SMILES string of the molecule is Cc1ccc(NC(=O)c2ccccc2NC(=O)c2ccccc2C(=O)O)cc1. The van der Waals surface area contributed by atoms with Crippen molar-refractivity contribution in [2.75, 3.05) is 10.6 Å². The van der Waals surface area contributed by atoms with Crippen LogP contribution in [0, 0.1) is 6.92 Å². The lowest BCUT2D eigenvalue weighted by atomic mass is 10.1. The third-order valence-electron chi connectivity index (χ3n) is 4.13. The van der Waals surface area contributed by atoms with Crippen LogP contribution in [0.25, 0.3) is 0 Å². The molecule has 6 heteroatoms. The maximum atomic E-state index is 12.7. The number of carboxylic acids is 1.